The fourth-order valence-electron chi connectivity index (χ4n) is 1.63. The number of ether oxygens (including phenoxy) is 1. The molecule has 0 aliphatic rings. The summed E-state index contributed by atoms with van der Waals surface area (Å²) in [4.78, 5) is 11.8. The van der Waals surface area contributed by atoms with Crippen LogP contribution in [0, 0.1) is 13.8 Å². The monoisotopic (exact) mass is 250 g/mol. The van der Waals surface area contributed by atoms with Gasteiger partial charge in [0.25, 0.3) is 0 Å². The van der Waals surface area contributed by atoms with Gasteiger partial charge in [0.1, 0.15) is 5.75 Å². The molecule has 0 saturated heterocycles. The van der Waals surface area contributed by atoms with Crippen molar-refractivity contribution in [2.75, 3.05) is 12.4 Å². The Morgan fingerprint density at radius 2 is 2.00 bits per heavy atom. The standard InChI is InChI=1S/C14H22N2O2/c1-9-7-12(13(18-4)8-10(9)2)16-14(17)6-5-11(3)15/h7-8,11H,5-6,15H2,1-4H3,(H,16,17). The van der Waals surface area contributed by atoms with E-state index >= 15 is 0 Å². The van der Waals surface area contributed by atoms with E-state index in [1.165, 1.54) is 0 Å². The SMILES string of the molecule is COc1cc(C)c(C)cc1NC(=O)CCC(C)N. The summed E-state index contributed by atoms with van der Waals surface area (Å²) in [5.41, 5.74) is 8.61. The van der Waals surface area contributed by atoms with Gasteiger partial charge in [-0.2, -0.15) is 0 Å². The zero-order chi connectivity index (χ0) is 13.7. The normalized spacial score (nSPS) is 12.1. The second-order valence-electron chi connectivity index (χ2n) is 4.70. The molecule has 1 amide bonds. The van der Waals surface area contributed by atoms with Gasteiger partial charge in [-0.25, -0.2) is 0 Å². The molecule has 0 aromatic heterocycles. The van der Waals surface area contributed by atoms with Crippen molar-refractivity contribution >= 4 is 11.6 Å². The molecule has 1 atom stereocenters. The van der Waals surface area contributed by atoms with Gasteiger partial charge in [-0.05, 0) is 50.5 Å². The highest BCUT2D eigenvalue weighted by atomic mass is 16.5. The molecular formula is C14H22N2O2. The number of methoxy groups -OCH3 is 1. The van der Waals surface area contributed by atoms with E-state index in [9.17, 15) is 4.79 Å². The third kappa shape index (κ3) is 4.04. The molecule has 0 heterocycles. The topological polar surface area (TPSA) is 64.3 Å². The summed E-state index contributed by atoms with van der Waals surface area (Å²) in [5.74, 6) is 0.654. The average Bonchev–Trinajstić information content (AvgIpc) is 2.31. The molecule has 0 aliphatic carbocycles. The first kappa shape index (κ1) is 14.5. The number of aryl methyl sites for hydroxylation is 2. The molecule has 4 nitrogen and oxygen atoms in total. The first-order chi connectivity index (χ1) is 8.43. The lowest BCUT2D eigenvalue weighted by Gasteiger charge is -2.13. The molecule has 1 rings (SSSR count). The quantitative estimate of drug-likeness (QED) is 0.843. The maximum absolute atomic E-state index is 11.8. The van der Waals surface area contributed by atoms with Gasteiger partial charge in [0, 0.05) is 12.5 Å². The molecule has 0 saturated carbocycles. The Balaban J connectivity index is 2.77. The van der Waals surface area contributed by atoms with Crippen molar-refractivity contribution in [3.8, 4) is 5.75 Å². The van der Waals surface area contributed by atoms with Gasteiger partial charge in [-0.15, -0.1) is 0 Å². The molecule has 1 aromatic carbocycles. The number of carbonyl (C=O) groups excluding carboxylic acids is 1. The highest BCUT2D eigenvalue weighted by Crippen LogP contribution is 2.28. The van der Waals surface area contributed by atoms with E-state index in [4.69, 9.17) is 10.5 Å². The lowest BCUT2D eigenvalue weighted by molar-refractivity contribution is -0.116. The second kappa shape index (κ2) is 6.40. The van der Waals surface area contributed by atoms with Gasteiger partial charge < -0.3 is 15.8 Å². The first-order valence-electron chi connectivity index (χ1n) is 6.14. The summed E-state index contributed by atoms with van der Waals surface area (Å²) >= 11 is 0. The van der Waals surface area contributed by atoms with Gasteiger partial charge in [0.05, 0.1) is 12.8 Å². The van der Waals surface area contributed by atoms with Crippen LogP contribution in [0.3, 0.4) is 0 Å². The second-order valence-corrected chi connectivity index (χ2v) is 4.70. The highest BCUT2D eigenvalue weighted by molar-refractivity contribution is 5.92. The van der Waals surface area contributed by atoms with Gasteiger partial charge in [0.15, 0.2) is 0 Å². The van der Waals surface area contributed by atoms with Gasteiger partial charge in [-0.3, -0.25) is 4.79 Å². The number of hydrogen-bond donors (Lipinski definition) is 2. The molecular weight excluding hydrogens is 228 g/mol. The van der Waals surface area contributed by atoms with Crippen molar-refractivity contribution < 1.29 is 9.53 Å². The number of hydrogen-bond acceptors (Lipinski definition) is 3. The predicted molar refractivity (Wildman–Crippen MR) is 74.0 cm³/mol. The lowest BCUT2D eigenvalue weighted by Crippen LogP contribution is -2.19. The molecule has 0 bridgehead atoms. The van der Waals surface area contributed by atoms with Gasteiger partial charge >= 0.3 is 0 Å². The summed E-state index contributed by atoms with van der Waals surface area (Å²) in [6.45, 7) is 5.91. The average molecular weight is 250 g/mol. The van der Waals surface area contributed by atoms with E-state index < -0.39 is 0 Å². The van der Waals surface area contributed by atoms with Crippen molar-refractivity contribution in [2.45, 2.75) is 39.7 Å². The van der Waals surface area contributed by atoms with Crippen molar-refractivity contribution in [1.29, 1.82) is 0 Å². The van der Waals surface area contributed by atoms with Crippen molar-refractivity contribution in [2.24, 2.45) is 5.73 Å². The molecule has 4 heteroatoms. The largest absolute Gasteiger partial charge is 0.495 e. The van der Waals surface area contributed by atoms with Crippen LogP contribution in [0.25, 0.3) is 0 Å². The minimum Gasteiger partial charge on any atom is -0.495 e. The molecule has 100 valence electrons. The lowest BCUT2D eigenvalue weighted by atomic mass is 10.1. The number of anilines is 1. The van der Waals surface area contributed by atoms with E-state index in [2.05, 4.69) is 5.32 Å². The first-order valence-corrected chi connectivity index (χ1v) is 6.14. The molecule has 3 N–H and O–H groups in total. The van der Waals surface area contributed by atoms with Crippen LogP contribution in [-0.4, -0.2) is 19.1 Å². The highest BCUT2D eigenvalue weighted by Gasteiger charge is 2.10. The number of carbonyl (C=O) groups is 1. The third-order valence-corrected chi connectivity index (χ3v) is 2.92. The Morgan fingerprint density at radius 3 is 2.56 bits per heavy atom. The Hall–Kier alpha value is -1.55. The maximum atomic E-state index is 11.8. The summed E-state index contributed by atoms with van der Waals surface area (Å²) in [7, 11) is 1.60. The van der Waals surface area contributed by atoms with Crippen LogP contribution >= 0.6 is 0 Å². The molecule has 0 aliphatic heterocycles. The minimum absolute atomic E-state index is 0.0335. The van der Waals surface area contributed by atoms with E-state index in [1.807, 2.05) is 32.9 Å². The van der Waals surface area contributed by atoms with Gasteiger partial charge in [0.2, 0.25) is 5.91 Å². The summed E-state index contributed by atoms with van der Waals surface area (Å²) in [6.07, 6.45) is 1.10. The predicted octanol–water partition coefficient (Wildman–Crippen LogP) is 2.38. The number of rotatable bonds is 5. The van der Waals surface area contributed by atoms with E-state index in [0.29, 0.717) is 18.6 Å². The fourth-order valence-corrected chi connectivity index (χ4v) is 1.63. The van der Waals surface area contributed by atoms with Crippen LogP contribution in [0.15, 0.2) is 12.1 Å². The van der Waals surface area contributed by atoms with Crippen LogP contribution in [0.5, 0.6) is 5.75 Å². The Bertz CT molecular complexity index is 428. The summed E-state index contributed by atoms with van der Waals surface area (Å²) in [6, 6.07) is 3.89. The Kier molecular flexibility index (Phi) is 5.16. The molecule has 18 heavy (non-hydrogen) atoms. The van der Waals surface area contributed by atoms with Crippen LogP contribution in [0.1, 0.15) is 30.9 Å². The third-order valence-electron chi connectivity index (χ3n) is 2.92. The summed E-state index contributed by atoms with van der Waals surface area (Å²) in [5, 5.41) is 2.87. The maximum Gasteiger partial charge on any atom is 0.224 e. The number of benzene rings is 1. The van der Waals surface area contributed by atoms with Crippen LogP contribution < -0.4 is 15.8 Å². The molecule has 1 unspecified atom stereocenters. The van der Waals surface area contributed by atoms with E-state index in [0.717, 1.165) is 16.8 Å². The van der Waals surface area contributed by atoms with Gasteiger partial charge in [-0.1, -0.05) is 0 Å². The van der Waals surface area contributed by atoms with Crippen molar-refractivity contribution in [3.05, 3.63) is 23.3 Å². The van der Waals surface area contributed by atoms with Crippen molar-refractivity contribution in [1.82, 2.24) is 0 Å². The molecule has 0 spiro atoms. The van der Waals surface area contributed by atoms with Crippen molar-refractivity contribution in [3.63, 3.8) is 0 Å². The van der Waals surface area contributed by atoms with Crippen LogP contribution in [0.2, 0.25) is 0 Å². The number of nitrogens with two attached hydrogens (primary N) is 1. The Morgan fingerprint density at radius 1 is 1.39 bits per heavy atom. The minimum atomic E-state index is -0.0335. The summed E-state index contributed by atoms with van der Waals surface area (Å²) < 4.78 is 5.27. The smallest absolute Gasteiger partial charge is 0.224 e. The molecule has 0 fully saturated rings. The number of nitrogens with one attached hydrogen (secondary N) is 1. The number of amides is 1. The molecule has 0 radical (unpaired) electrons. The Labute approximate surface area is 109 Å². The van der Waals surface area contributed by atoms with Crippen LogP contribution in [-0.2, 0) is 4.79 Å². The zero-order valence-corrected chi connectivity index (χ0v) is 11.5. The zero-order valence-electron chi connectivity index (χ0n) is 11.5. The molecule has 1 aromatic rings. The van der Waals surface area contributed by atoms with E-state index in [1.54, 1.807) is 7.11 Å². The van der Waals surface area contributed by atoms with E-state index in [-0.39, 0.29) is 11.9 Å². The fraction of sp³-hybridized carbons (Fsp3) is 0.500. The van der Waals surface area contributed by atoms with Crippen LogP contribution in [0.4, 0.5) is 5.69 Å².